The van der Waals surface area contributed by atoms with Gasteiger partial charge in [-0.15, -0.1) is 12.4 Å². The number of benzene rings is 1. The van der Waals surface area contributed by atoms with Gasteiger partial charge in [0.15, 0.2) is 11.5 Å². The van der Waals surface area contributed by atoms with Gasteiger partial charge in [0.25, 0.3) is 0 Å². The lowest BCUT2D eigenvalue weighted by Crippen LogP contribution is -2.28. The van der Waals surface area contributed by atoms with Crippen molar-refractivity contribution in [3.05, 3.63) is 23.8 Å². The van der Waals surface area contributed by atoms with Crippen LogP contribution in [0.4, 0.5) is 0 Å². The van der Waals surface area contributed by atoms with Crippen LogP contribution in [-0.4, -0.2) is 34.7 Å². The quantitative estimate of drug-likeness (QED) is 0.718. The van der Waals surface area contributed by atoms with Crippen molar-refractivity contribution in [2.75, 3.05) is 19.6 Å². The maximum absolute atomic E-state index is 9.45. The number of hydrogen-bond donors (Lipinski definition) is 2. The van der Waals surface area contributed by atoms with Gasteiger partial charge in [0, 0.05) is 6.54 Å². The van der Waals surface area contributed by atoms with Crippen molar-refractivity contribution in [3.8, 4) is 11.5 Å². The van der Waals surface area contributed by atoms with Gasteiger partial charge < -0.3 is 15.1 Å². The molecule has 0 aliphatic heterocycles. The average molecular weight is 288 g/mol. The van der Waals surface area contributed by atoms with Gasteiger partial charge in [-0.3, -0.25) is 0 Å². The number of aromatic hydroxyl groups is 2. The van der Waals surface area contributed by atoms with Crippen LogP contribution in [0.2, 0.25) is 0 Å². The molecule has 0 saturated carbocycles. The van der Waals surface area contributed by atoms with E-state index in [0.29, 0.717) is 0 Å². The minimum Gasteiger partial charge on any atom is -0.504 e. The molecule has 0 unspecified atom stereocenters. The molecule has 0 bridgehead atoms. The molecule has 19 heavy (non-hydrogen) atoms. The summed E-state index contributed by atoms with van der Waals surface area (Å²) in [7, 11) is 0. The zero-order valence-electron chi connectivity index (χ0n) is 11.9. The summed E-state index contributed by atoms with van der Waals surface area (Å²) in [4.78, 5) is 2.47. The fourth-order valence-corrected chi connectivity index (χ4v) is 2.05. The highest BCUT2D eigenvalue weighted by Crippen LogP contribution is 2.25. The second kappa shape index (κ2) is 9.93. The van der Waals surface area contributed by atoms with Gasteiger partial charge in [-0.05, 0) is 50.0 Å². The van der Waals surface area contributed by atoms with E-state index in [2.05, 4.69) is 18.7 Å². The minimum absolute atomic E-state index is 0. The molecule has 1 aromatic carbocycles. The molecular weight excluding hydrogens is 262 g/mol. The molecule has 0 spiro atoms. The first-order chi connectivity index (χ1) is 8.67. The Balaban J connectivity index is 0.00000324. The SMILES string of the molecule is CCCCN(CCC)CCc1ccc(O)c(O)c1.Cl. The number of hydrogen-bond acceptors (Lipinski definition) is 3. The first-order valence-electron chi connectivity index (χ1n) is 6.90. The standard InChI is InChI=1S/C15H25NO2.ClH/c1-3-5-10-16(9-4-2)11-8-13-6-7-14(17)15(18)12-13;/h6-7,12,17-18H,3-5,8-11H2,1-2H3;1H. The van der Waals surface area contributed by atoms with Crippen molar-refractivity contribution in [1.82, 2.24) is 4.90 Å². The third kappa shape index (κ3) is 6.69. The number of rotatable bonds is 8. The zero-order chi connectivity index (χ0) is 13.4. The van der Waals surface area contributed by atoms with E-state index in [0.717, 1.165) is 31.6 Å². The third-order valence-electron chi connectivity index (χ3n) is 3.12. The Kier molecular flexibility index (Phi) is 9.44. The second-order valence-electron chi connectivity index (χ2n) is 4.77. The van der Waals surface area contributed by atoms with Gasteiger partial charge in [-0.25, -0.2) is 0 Å². The summed E-state index contributed by atoms with van der Waals surface area (Å²) in [6.45, 7) is 7.70. The van der Waals surface area contributed by atoms with E-state index in [1.54, 1.807) is 12.1 Å². The maximum atomic E-state index is 9.45. The van der Waals surface area contributed by atoms with E-state index in [1.807, 2.05) is 6.07 Å². The van der Waals surface area contributed by atoms with Crippen LogP contribution in [-0.2, 0) is 6.42 Å². The van der Waals surface area contributed by atoms with Gasteiger partial charge in [0.1, 0.15) is 0 Å². The fraction of sp³-hybridized carbons (Fsp3) is 0.600. The van der Waals surface area contributed by atoms with E-state index >= 15 is 0 Å². The number of halogens is 1. The molecule has 0 aliphatic rings. The molecule has 0 atom stereocenters. The molecule has 0 aromatic heterocycles. The van der Waals surface area contributed by atoms with E-state index in [1.165, 1.54) is 19.3 Å². The maximum Gasteiger partial charge on any atom is 0.157 e. The monoisotopic (exact) mass is 287 g/mol. The third-order valence-corrected chi connectivity index (χ3v) is 3.12. The number of nitrogens with zero attached hydrogens (tertiary/aromatic N) is 1. The van der Waals surface area contributed by atoms with Crippen LogP contribution in [0.5, 0.6) is 11.5 Å². The molecule has 0 heterocycles. The van der Waals surface area contributed by atoms with Crippen molar-refractivity contribution in [2.24, 2.45) is 0 Å². The van der Waals surface area contributed by atoms with Gasteiger partial charge in [-0.2, -0.15) is 0 Å². The molecule has 3 nitrogen and oxygen atoms in total. The lowest BCUT2D eigenvalue weighted by molar-refractivity contribution is 0.273. The first kappa shape index (κ1) is 18.1. The highest BCUT2D eigenvalue weighted by Gasteiger charge is 2.05. The van der Waals surface area contributed by atoms with Crippen LogP contribution < -0.4 is 0 Å². The molecule has 0 amide bonds. The summed E-state index contributed by atoms with van der Waals surface area (Å²) >= 11 is 0. The first-order valence-corrected chi connectivity index (χ1v) is 6.90. The Hall–Kier alpha value is -0.930. The van der Waals surface area contributed by atoms with Crippen molar-refractivity contribution < 1.29 is 10.2 Å². The number of unbranched alkanes of at least 4 members (excludes halogenated alkanes) is 1. The van der Waals surface area contributed by atoms with E-state index in [9.17, 15) is 10.2 Å². The highest BCUT2D eigenvalue weighted by atomic mass is 35.5. The van der Waals surface area contributed by atoms with E-state index in [4.69, 9.17) is 0 Å². The number of phenols is 2. The molecular formula is C15H26ClNO2. The predicted octanol–water partition coefficient (Wildman–Crippen LogP) is 3.57. The summed E-state index contributed by atoms with van der Waals surface area (Å²) < 4.78 is 0. The molecule has 1 aromatic rings. The molecule has 0 fully saturated rings. The Labute approximate surface area is 122 Å². The molecule has 0 saturated heterocycles. The van der Waals surface area contributed by atoms with Crippen LogP contribution in [0.1, 0.15) is 38.7 Å². The fourth-order valence-electron chi connectivity index (χ4n) is 2.05. The van der Waals surface area contributed by atoms with Crippen LogP contribution in [0.3, 0.4) is 0 Å². The van der Waals surface area contributed by atoms with E-state index in [-0.39, 0.29) is 23.9 Å². The summed E-state index contributed by atoms with van der Waals surface area (Å²) in [5, 5.41) is 18.7. The van der Waals surface area contributed by atoms with Gasteiger partial charge in [-0.1, -0.05) is 26.3 Å². The van der Waals surface area contributed by atoms with Gasteiger partial charge in [0.05, 0.1) is 0 Å². The van der Waals surface area contributed by atoms with Gasteiger partial charge >= 0.3 is 0 Å². The lowest BCUT2D eigenvalue weighted by atomic mass is 10.1. The smallest absolute Gasteiger partial charge is 0.157 e. The molecule has 0 aliphatic carbocycles. The summed E-state index contributed by atoms with van der Waals surface area (Å²) in [5.41, 5.74) is 1.07. The van der Waals surface area contributed by atoms with Crippen LogP contribution in [0.25, 0.3) is 0 Å². The molecule has 1 rings (SSSR count). The van der Waals surface area contributed by atoms with Crippen LogP contribution in [0, 0.1) is 0 Å². The second-order valence-corrected chi connectivity index (χ2v) is 4.77. The number of phenolic OH excluding ortho intramolecular Hbond substituents is 2. The molecule has 0 radical (unpaired) electrons. The summed E-state index contributed by atoms with van der Waals surface area (Å²) in [6, 6.07) is 5.08. The zero-order valence-corrected chi connectivity index (χ0v) is 12.7. The predicted molar refractivity (Wildman–Crippen MR) is 82.4 cm³/mol. The van der Waals surface area contributed by atoms with Crippen molar-refractivity contribution in [3.63, 3.8) is 0 Å². The largest absolute Gasteiger partial charge is 0.504 e. The van der Waals surface area contributed by atoms with Crippen LogP contribution in [0.15, 0.2) is 18.2 Å². The van der Waals surface area contributed by atoms with Gasteiger partial charge in [0.2, 0.25) is 0 Å². The Morgan fingerprint density at radius 3 is 2.26 bits per heavy atom. The average Bonchev–Trinajstić information content (AvgIpc) is 2.37. The Morgan fingerprint density at radius 2 is 1.68 bits per heavy atom. The summed E-state index contributed by atoms with van der Waals surface area (Å²) in [6.07, 6.45) is 4.54. The van der Waals surface area contributed by atoms with Crippen molar-refractivity contribution in [1.29, 1.82) is 0 Å². The lowest BCUT2D eigenvalue weighted by Gasteiger charge is -2.21. The van der Waals surface area contributed by atoms with Crippen molar-refractivity contribution in [2.45, 2.75) is 39.5 Å². The molecule has 110 valence electrons. The highest BCUT2D eigenvalue weighted by molar-refractivity contribution is 5.85. The Morgan fingerprint density at radius 1 is 0.947 bits per heavy atom. The summed E-state index contributed by atoms with van der Waals surface area (Å²) in [5.74, 6) is -0.0711. The Bertz CT molecular complexity index is 358. The van der Waals surface area contributed by atoms with Crippen LogP contribution >= 0.6 is 12.4 Å². The topological polar surface area (TPSA) is 43.7 Å². The minimum atomic E-state index is -0.0462. The van der Waals surface area contributed by atoms with E-state index < -0.39 is 0 Å². The normalized spacial score (nSPS) is 10.5. The molecule has 2 N–H and O–H groups in total. The van der Waals surface area contributed by atoms with Crippen molar-refractivity contribution >= 4 is 12.4 Å². The molecule has 4 heteroatoms.